The highest BCUT2D eigenvalue weighted by atomic mass is 79.9. The molecular weight excluding hydrogens is 719 g/mol. The fraction of sp³-hybridized carbons (Fsp3) is 0.154. The third-order valence-corrected chi connectivity index (χ3v) is 9.76. The van der Waals surface area contributed by atoms with Crippen molar-refractivity contribution in [3.8, 4) is 11.3 Å². The molecule has 4 aromatic carbocycles. The Morgan fingerprint density at radius 3 is 2.22 bits per heavy atom. The Balaban J connectivity index is 1.09. The lowest BCUT2D eigenvalue weighted by Crippen LogP contribution is -2.50. The molecule has 1 aliphatic heterocycles. The van der Waals surface area contributed by atoms with Gasteiger partial charge in [0.2, 0.25) is 5.91 Å². The van der Waals surface area contributed by atoms with Crippen molar-refractivity contribution in [2.45, 2.75) is 17.1 Å². The molecule has 1 saturated heterocycles. The molecule has 0 bridgehead atoms. The number of hydrogen-bond donors (Lipinski definition) is 2. The molecular formula is C39H34BrFN4O4S. The highest BCUT2D eigenvalue weighted by Gasteiger charge is 2.26. The SMILES string of the molecule is C[C@H](Sc1ccc(NC(=O)/C(=C/c2ccc(-c3ccc(Br)cc3)o2)NC(=O)c2ccccc2)cc1)C(=O)N1CCN(c2ccccc2F)CC1. The van der Waals surface area contributed by atoms with E-state index < -0.39 is 11.8 Å². The number of carbonyl (C=O) groups is 3. The van der Waals surface area contributed by atoms with Crippen LogP contribution in [0.4, 0.5) is 15.8 Å². The molecule has 1 aromatic heterocycles. The van der Waals surface area contributed by atoms with Crippen molar-refractivity contribution in [3.05, 3.63) is 143 Å². The lowest BCUT2D eigenvalue weighted by atomic mass is 10.2. The van der Waals surface area contributed by atoms with E-state index in [0.29, 0.717) is 54.6 Å². The van der Waals surface area contributed by atoms with Crippen LogP contribution in [0, 0.1) is 5.82 Å². The second-order valence-electron chi connectivity index (χ2n) is 11.6. The van der Waals surface area contributed by atoms with Gasteiger partial charge in [0.25, 0.3) is 11.8 Å². The van der Waals surface area contributed by atoms with E-state index >= 15 is 0 Å². The first-order valence-electron chi connectivity index (χ1n) is 16.0. The molecule has 0 saturated carbocycles. The summed E-state index contributed by atoms with van der Waals surface area (Å²) in [4.78, 5) is 44.5. The minimum absolute atomic E-state index is 0.00308. The Hall–Kier alpha value is -5.13. The predicted octanol–water partition coefficient (Wildman–Crippen LogP) is 8.09. The quantitative estimate of drug-likeness (QED) is 0.111. The van der Waals surface area contributed by atoms with Crippen molar-refractivity contribution in [1.29, 1.82) is 0 Å². The first kappa shape index (κ1) is 34.7. The summed E-state index contributed by atoms with van der Waals surface area (Å²) in [6.45, 7) is 4.03. The lowest BCUT2D eigenvalue weighted by Gasteiger charge is -2.37. The normalized spacial score (nSPS) is 13.9. The smallest absolute Gasteiger partial charge is 0.272 e. The molecule has 1 aliphatic rings. The zero-order valence-electron chi connectivity index (χ0n) is 27.1. The number of rotatable bonds is 10. The number of benzene rings is 4. The van der Waals surface area contributed by atoms with Gasteiger partial charge in [-0.05, 0) is 79.7 Å². The van der Waals surface area contributed by atoms with Crippen LogP contribution in [0.1, 0.15) is 23.0 Å². The number of furan rings is 1. The number of halogens is 2. The van der Waals surface area contributed by atoms with Crippen LogP contribution in [0.2, 0.25) is 0 Å². The van der Waals surface area contributed by atoms with E-state index in [9.17, 15) is 18.8 Å². The largest absolute Gasteiger partial charge is 0.457 e. The van der Waals surface area contributed by atoms with E-state index in [2.05, 4.69) is 26.6 Å². The number of carbonyl (C=O) groups excluding carboxylic acids is 3. The van der Waals surface area contributed by atoms with E-state index in [4.69, 9.17) is 4.42 Å². The van der Waals surface area contributed by atoms with Crippen LogP contribution in [0.15, 0.2) is 135 Å². The third kappa shape index (κ3) is 8.71. The molecule has 0 radical (unpaired) electrons. The minimum Gasteiger partial charge on any atom is -0.457 e. The van der Waals surface area contributed by atoms with E-state index in [1.165, 1.54) is 23.9 Å². The molecule has 11 heteroatoms. The van der Waals surface area contributed by atoms with Crippen LogP contribution in [-0.4, -0.2) is 54.1 Å². The molecule has 1 atom stereocenters. The van der Waals surface area contributed by atoms with Gasteiger partial charge in [-0.3, -0.25) is 14.4 Å². The van der Waals surface area contributed by atoms with Gasteiger partial charge in [0.05, 0.1) is 10.9 Å². The first-order valence-corrected chi connectivity index (χ1v) is 17.7. The van der Waals surface area contributed by atoms with Gasteiger partial charge in [-0.2, -0.15) is 0 Å². The molecule has 254 valence electrons. The number of thioether (sulfide) groups is 1. The number of para-hydroxylation sites is 1. The molecule has 50 heavy (non-hydrogen) atoms. The van der Waals surface area contributed by atoms with Crippen molar-refractivity contribution >= 4 is 62.9 Å². The van der Waals surface area contributed by atoms with Gasteiger partial charge in [0.1, 0.15) is 23.0 Å². The molecule has 3 amide bonds. The Morgan fingerprint density at radius 2 is 1.52 bits per heavy atom. The number of amides is 3. The molecule has 0 aliphatic carbocycles. The Labute approximate surface area is 302 Å². The van der Waals surface area contributed by atoms with Gasteiger partial charge in [0, 0.05) is 58.4 Å². The van der Waals surface area contributed by atoms with Crippen LogP contribution in [-0.2, 0) is 9.59 Å². The molecule has 0 unspecified atom stereocenters. The maximum absolute atomic E-state index is 14.2. The number of nitrogens with zero attached hydrogens (tertiary/aromatic N) is 2. The lowest BCUT2D eigenvalue weighted by molar-refractivity contribution is -0.130. The zero-order valence-corrected chi connectivity index (χ0v) is 29.5. The standard InChI is InChI=1S/C39H34BrFN4O4S/c1-26(39(48)45-23-21-44(22-24-45)35-10-6-5-9-33(35)41)50-32-18-15-30(16-19-32)42-38(47)34(43-37(46)28-7-3-2-4-8-28)25-31-17-20-36(49-31)27-11-13-29(40)14-12-27/h2-20,25-26H,21-24H2,1H3,(H,42,47)(H,43,46)/b34-25-/t26-/m0/s1. The van der Waals surface area contributed by atoms with Gasteiger partial charge in [-0.1, -0.05) is 58.4 Å². The summed E-state index contributed by atoms with van der Waals surface area (Å²) in [5.41, 5.74) is 2.34. The van der Waals surface area contributed by atoms with Crippen molar-refractivity contribution in [2.75, 3.05) is 36.4 Å². The van der Waals surface area contributed by atoms with E-state index in [0.717, 1.165) is 14.9 Å². The average molecular weight is 754 g/mol. The van der Waals surface area contributed by atoms with Crippen molar-refractivity contribution in [2.24, 2.45) is 0 Å². The van der Waals surface area contributed by atoms with Gasteiger partial charge < -0.3 is 24.9 Å². The fourth-order valence-corrected chi connectivity index (χ4v) is 6.70. The topological polar surface area (TPSA) is 94.9 Å². The number of hydrogen-bond acceptors (Lipinski definition) is 6. The van der Waals surface area contributed by atoms with Crippen molar-refractivity contribution in [1.82, 2.24) is 10.2 Å². The Morgan fingerprint density at radius 1 is 0.840 bits per heavy atom. The number of piperazine rings is 1. The predicted molar refractivity (Wildman–Crippen MR) is 199 cm³/mol. The van der Waals surface area contributed by atoms with Crippen LogP contribution >= 0.6 is 27.7 Å². The summed E-state index contributed by atoms with van der Waals surface area (Å²) in [6.07, 6.45) is 1.49. The molecule has 1 fully saturated rings. The first-order chi connectivity index (χ1) is 24.2. The van der Waals surface area contributed by atoms with Crippen LogP contribution in [0.5, 0.6) is 0 Å². The number of anilines is 2. The van der Waals surface area contributed by atoms with Gasteiger partial charge in [-0.25, -0.2) is 4.39 Å². The zero-order chi connectivity index (χ0) is 35.0. The third-order valence-electron chi connectivity index (χ3n) is 8.13. The molecule has 0 spiro atoms. The van der Waals surface area contributed by atoms with Gasteiger partial charge >= 0.3 is 0 Å². The van der Waals surface area contributed by atoms with E-state index in [1.807, 2.05) is 65.3 Å². The van der Waals surface area contributed by atoms with E-state index in [1.54, 1.807) is 60.7 Å². The summed E-state index contributed by atoms with van der Waals surface area (Å²) in [6, 6.07) is 33.7. The summed E-state index contributed by atoms with van der Waals surface area (Å²) in [7, 11) is 0. The maximum atomic E-state index is 14.2. The summed E-state index contributed by atoms with van der Waals surface area (Å²) >= 11 is 4.86. The molecule has 5 aromatic rings. The Bertz CT molecular complexity index is 1990. The second kappa shape index (κ2) is 16.1. The summed E-state index contributed by atoms with van der Waals surface area (Å²) < 4.78 is 21.2. The summed E-state index contributed by atoms with van der Waals surface area (Å²) in [5.74, 6) is -0.210. The Kier molecular flexibility index (Phi) is 11.1. The molecule has 2 heterocycles. The van der Waals surface area contributed by atoms with Crippen molar-refractivity contribution < 1.29 is 23.2 Å². The van der Waals surface area contributed by atoms with Gasteiger partial charge in [0.15, 0.2) is 0 Å². The average Bonchev–Trinajstić information content (AvgIpc) is 3.61. The van der Waals surface area contributed by atoms with Crippen LogP contribution < -0.4 is 15.5 Å². The highest BCUT2D eigenvalue weighted by molar-refractivity contribution is 9.10. The highest BCUT2D eigenvalue weighted by Crippen LogP contribution is 2.28. The number of nitrogens with one attached hydrogen (secondary N) is 2. The molecule has 2 N–H and O–H groups in total. The van der Waals surface area contributed by atoms with Crippen LogP contribution in [0.25, 0.3) is 17.4 Å². The van der Waals surface area contributed by atoms with Crippen molar-refractivity contribution in [3.63, 3.8) is 0 Å². The van der Waals surface area contributed by atoms with Crippen LogP contribution in [0.3, 0.4) is 0 Å². The maximum Gasteiger partial charge on any atom is 0.272 e. The molecule has 6 rings (SSSR count). The molecule has 8 nitrogen and oxygen atoms in total. The minimum atomic E-state index is -0.533. The fourth-order valence-electron chi connectivity index (χ4n) is 5.49. The summed E-state index contributed by atoms with van der Waals surface area (Å²) in [5, 5.41) is 5.25. The van der Waals surface area contributed by atoms with E-state index in [-0.39, 0.29) is 22.7 Å². The second-order valence-corrected chi connectivity index (χ2v) is 13.9. The van der Waals surface area contributed by atoms with Gasteiger partial charge in [-0.15, -0.1) is 11.8 Å². The monoisotopic (exact) mass is 752 g/mol.